The standard InChI is InChI=1S/C30H25BrF3N3O4S/c1-39-30(38)16-5-6-25-26(10-16)37(14-18-7-8-40-18)27(35-25)11-17-9-22(33)20(13-21(17)32)24-3-2-4-28(36-24)41-15-19-12-23(34)29(31)42-19/h2-6,9-10,12-13,18,30,38H,7-8,11,14-15H2,1H3/t18-,30?/m0/s1. The van der Waals surface area contributed by atoms with E-state index >= 15 is 8.78 Å². The number of imidazole rings is 1. The zero-order chi connectivity index (χ0) is 29.4. The predicted octanol–water partition coefficient (Wildman–Crippen LogP) is 6.94. The Morgan fingerprint density at radius 3 is 2.64 bits per heavy atom. The lowest BCUT2D eigenvalue weighted by atomic mass is 10.0. The Labute approximate surface area is 251 Å². The largest absolute Gasteiger partial charge is 0.472 e. The molecular formula is C30H25BrF3N3O4S. The third kappa shape index (κ3) is 5.95. The normalized spacial score (nSPS) is 15.6. The SMILES string of the molecule is COC(O)c1ccc2nc(Cc3cc(F)c(-c4cccc(OCc5cc(F)c(Br)s5)n4)cc3F)n(C[C@@H]3CCO3)c2c1. The number of aromatic nitrogens is 3. The minimum absolute atomic E-state index is 0.0120. The molecule has 0 aliphatic carbocycles. The van der Waals surface area contributed by atoms with Gasteiger partial charge in [0.1, 0.15) is 33.7 Å². The molecule has 4 heterocycles. The number of methoxy groups -OCH3 is 1. The zero-order valence-electron chi connectivity index (χ0n) is 22.3. The Morgan fingerprint density at radius 1 is 1.10 bits per heavy atom. The Bertz CT molecular complexity index is 1740. The van der Waals surface area contributed by atoms with E-state index in [4.69, 9.17) is 19.2 Å². The number of hydrogen-bond donors (Lipinski definition) is 1. The van der Waals surface area contributed by atoms with E-state index in [2.05, 4.69) is 20.9 Å². The number of ether oxygens (including phenoxy) is 3. The summed E-state index contributed by atoms with van der Waals surface area (Å²) in [5, 5.41) is 10.2. The van der Waals surface area contributed by atoms with Crippen molar-refractivity contribution in [1.29, 1.82) is 0 Å². The fraction of sp³-hybridized carbons (Fsp3) is 0.267. The van der Waals surface area contributed by atoms with Gasteiger partial charge in [0.15, 0.2) is 6.29 Å². The number of aliphatic hydroxyl groups excluding tert-OH is 1. The molecule has 0 spiro atoms. The van der Waals surface area contributed by atoms with Crippen LogP contribution in [0.15, 0.2) is 58.4 Å². The monoisotopic (exact) mass is 659 g/mol. The molecule has 0 saturated carbocycles. The molecule has 1 aliphatic rings. The lowest BCUT2D eigenvalue weighted by molar-refractivity contribution is -0.0768. The fourth-order valence-corrected chi connectivity index (χ4v) is 6.20. The first-order chi connectivity index (χ1) is 20.3. The first-order valence-electron chi connectivity index (χ1n) is 13.1. The molecule has 5 aromatic rings. The highest BCUT2D eigenvalue weighted by Gasteiger charge is 2.24. The second-order valence-corrected chi connectivity index (χ2v) is 12.3. The van der Waals surface area contributed by atoms with Gasteiger partial charge in [0.25, 0.3) is 0 Å². The zero-order valence-corrected chi connectivity index (χ0v) is 24.7. The van der Waals surface area contributed by atoms with Crippen molar-refractivity contribution in [2.24, 2.45) is 0 Å². The molecule has 218 valence electrons. The van der Waals surface area contributed by atoms with Crippen LogP contribution in [0.1, 0.15) is 34.5 Å². The molecule has 0 radical (unpaired) electrons. The van der Waals surface area contributed by atoms with Gasteiger partial charge in [-0.25, -0.2) is 23.1 Å². The van der Waals surface area contributed by atoms with Crippen molar-refractivity contribution in [3.05, 3.63) is 97.7 Å². The van der Waals surface area contributed by atoms with Crippen LogP contribution in [0.3, 0.4) is 0 Å². The third-order valence-electron chi connectivity index (χ3n) is 7.08. The molecule has 1 saturated heterocycles. The summed E-state index contributed by atoms with van der Waals surface area (Å²) in [5.74, 6) is -0.880. The first kappa shape index (κ1) is 28.8. The maximum Gasteiger partial charge on any atom is 0.214 e. The lowest BCUT2D eigenvalue weighted by Crippen LogP contribution is -2.31. The minimum atomic E-state index is -1.10. The maximum atomic E-state index is 15.5. The number of hydrogen-bond acceptors (Lipinski definition) is 7. The molecule has 6 rings (SSSR count). The molecule has 7 nitrogen and oxygen atoms in total. The average Bonchev–Trinajstić information content (AvgIpc) is 3.47. The Hall–Kier alpha value is -3.29. The molecule has 12 heteroatoms. The molecule has 1 aliphatic heterocycles. The number of nitrogens with zero attached hydrogens (tertiary/aromatic N) is 3. The van der Waals surface area contributed by atoms with Gasteiger partial charge < -0.3 is 23.9 Å². The van der Waals surface area contributed by atoms with Crippen LogP contribution in [0, 0.1) is 17.5 Å². The smallest absolute Gasteiger partial charge is 0.214 e. The molecular weight excluding hydrogens is 635 g/mol. The average molecular weight is 661 g/mol. The second-order valence-electron chi connectivity index (χ2n) is 9.84. The molecule has 1 N–H and O–H groups in total. The molecule has 42 heavy (non-hydrogen) atoms. The van der Waals surface area contributed by atoms with Crippen molar-refractivity contribution >= 4 is 38.3 Å². The van der Waals surface area contributed by atoms with Gasteiger partial charge in [-0.15, -0.1) is 11.3 Å². The van der Waals surface area contributed by atoms with Crippen LogP contribution in [0.25, 0.3) is 22.3 Å². The van der Waals surface area contributed by atoms with Crippen molar-refractivity contribution in [2.45, 2.75) is 38.4 Å². The first-order valence-corrected chi connectivity index (χ1v) is 14.7. The Kier molecular flexibility index (Phi) is 8.33. The van der Waals surface area contributed by atoms with E-state index in [9.17, 15) is 9.50 Å². The van der Waals surface area contributed by atoms with E-state index in [1.54, 1.807) is 36.4 Å². The van der Waals surface area contributed by atoms with Crippen LogP contribution in [0.4, 0.5) is 13.2 Å². The predicted molar refractivity (Wildman–Crippen MR) is 155 cm³/mol. The van der Waals surface area contributed by atoms with E-state index < -0.39 is 17.9 Å². The minimum Gasteiger partial charge on any atom is -0.472 e. The number of rotatable bonds is 10. The Morgan fingerprint density at radius 2 is 1.93 bits per heavy atom. The van der Waals surface area contributed by atoms with Gasteiger partial charge in [-0.05, 0) is 64.3 Å². The quantitative estimate of drug-likeness (QED) is 0.164. The van der Waals surface area contributed by atoms with Gasteiger partial charge in [-0.2, -0.15) is 0 Å². The van der Waals surface area contributed by atoms with E-state index in [-0.39, 0.29) is 47.6 Å². The maximum absolute atomic E-state index is 15.5. The number of aliphatic hydroxyl groups is 1. The highest BCUT2D eigenvalue weighted by Crippen LogP contribution is 2.31. The molecule has 2 atom stereocenters. The third-order valence-corrected chi connectivity index (χ3v) is 8.82. The van der Waals surface area contributed by atoms with Crippen LogP contribution in [0.5, 0.6) is 5.88 Å². The van der Waals surface area contributed by atoms with Gasteiger partial charge in [0, 0.05) is 42.2 Å². The summed E-state index contributed by atoms with van der Waals surface area (Å²) >= 11 is 4.34. The molecule has 0 amide bonds. The summed E-state index contributed by atoms with van der Waals surface area (Å²) in [6, 6.07) is 13.7. The molecule has 3 aromatic heterocycles. The van der Waals surface area contributed by atoms with Crippen LogP contribution >= 0.6 is 27.3 Å². The highest BCUT2D eigenvalue weighted by molar-refractivity contribution is 9.11. The van der Waals surface area contributed by atoms with Gasteiger partial charge in [0.05, 0.1) is 29.4 Å². The van der Waals surface area contributed by atoms with Crippen molar-refractivity contribution in [3.8, 4) is 17.1 Å². The van der Waals surface area contributed by atoms with E-state index in [0.717, 1.165) is 24.1 Å². The summed E-state index contributed by atoms with van der Waals surface area (Å²) < 4.78 is 63.2. The number of pyridine rings is 1. The summed E-state index contributed by atoms with van der Waals surface area (Å²) in [7, 11) is 1.41. The van der Waals surface area contributed by atoms with Crippen LogP contribution in [0.2, 0.25) is 0 Å². The topological polar surface area (TPSA) is 78.6 Å². The lowest BCUT2D eigenvalue weighted by Gasteiger charge is -2.27. The fourth-order valence-electron chi connectivity index (χ4n) is 4.79. The molecule has 2 aromatic carbocycles. The summed E-state index contributed by atoms with van der Waals surface area (Å²) in [6.07, 6.45) is -0.189. The number of halogens is 4. The highest BCUT2D eigenvalue weighted by atomic mass is 79.9. The van der Waals surface area contributed by atoms with Gasteiger partial charge >= 0.3 is 0 Å². The second kappa shape index (κ2) is 12.1. The summed E-state index contributed by atoms with van der Waals surface area (Å²) in [5.41, 5.74) is 2.28. The van der Waals surface area contributed by atoms with Gasteiger partial charge in [-0.3, -0.25) is 0 Å². The van der Waals surface area contributed by atoms with Crippen LogP contribution in [-0.4, -0.2) is 39.5 Å². The molecule has 1 fully saturated rings. The Balaban J connectivity index is 1.27. The van der Waals surface area contributed by atoms with Gasteiger partial charge in [-0.1, -0.05) is 12.1 Å². The molecule has 1 unspecified atom stereocenters. The van der Waals surface area contributed by atoms with Crippen molar-refractivity contribution in [1.82, 2.24) is 14.5 Å². The molecule has 0 bridgehead atoms. The van der Waals surface area contributed by atoms with E-state index in [1.807, 2.05) is 4.57 Å². The van der Waals surface area contributed by atoms with Crippen LogP contribution in [-0.2, 0) is 29.0 Å². The summed E-state index contributed by atoms with van der Waals surface area (Å²) in [4.78, 5) is 9.68. The number of benzene rings is 2. The van der Waals surface area contributed by atoms with Crippen molar-refractivity contribution < 1.29 is 32.5 Å². The van der Waals surface area contributed by atoms with E-state index in [1.165, 1.54) is 24.5 Å². The number of thiophene rings is 1. The number of fused-ring (bicyclic) bond motifs is 1. The van der Waals surface area contributed by atoms with E-state index in [0.29, 0.717) is 38.7 Å². The van der Waals surface area contributed by atoms with Crippen LogP contribution < -0.4 is 4.74 Å². The van der Waals surface area contributed by atoms with Gasteiger partial charge in [0.2, 0.25) is 5.88 Å². The van der Waals surface area contributed by atoms with Crippen molar-refractivity contribution in [2.75, 3.05) is 13.7 Å². The summed E-state index contributed by atoms with van der Waals surface area (Å²) in [6.45, 7) is 1.25. The van der Waals surface area contributed by atoms with Crippen molar-refractivity contribution in [3.63, 3.8) is 0 Å².